The van der Waals surface area contributed by atoms with Crippen LogP contribution in [0.3, 0.4) is 0 Å². The minimum absolute atomic E-state index is 0.0479. The van der Waals surface area contributed by atoms with Crippen molar-refractivity contribution in [3.8, 4) is 0 Å². The fourth-order valence-corrected chi connectivity index (χ4v) is 4.86. The van der Waals surface area contributed by atoms with Crippen molar-refractivity contribution in [2.45, 2.75) is 24.0 Å². The molecular formula is C19H22N6O4S. The fourth-order valence-electron chi connectivity index (χ4n) is 3.65. The van der Waals surface area contributed by atoms with Gasteiger partial charge in [0.15, 0.2) is 5.03 Å². The summed E-state index contributed by atoms with van der Waals surface area (Å²) >= 11 is 0. The molecule has 0 aliphatic carbocycles. The Morgan fingerprint density at radius 1 is 1.30 bits per heavy atom. The van der Waals surface area contributed by atoms with Crippen molar-refractivity contribution in [2.24, 2.45) is 14.1 Å². The third kappa shape index (κ3) is 3.94. The van der Waals surface area contributed by atoms with Gasteiger partial charge in [0, 0.05) is 44.8 Å². The summed E-state index contributed by atoms with van der Waals surface area (Å²) in [6.07, 6.45) is 6.71. The van der Waals surface area contributed by atoms with Crippen LogP contribution in [0.4, 0.5) is 5.69 Å². The number of anilines is 1. The number of carbonyl (C=O) groups is 1. The predicted octanol–water partition coefficient (Wildman–Crippen LogP) is 0.762. The monoisotopic (exact) mass is 430 g/mol. The SMILES string of the molecule is Cn1cnc(S(=O)(=O)NC2Cc3cc(C(=O)O)ccc3N(Cc3cncn3C)C2)c1. The molecule has 4 rings (SSSR count). The number of aromatic carboxylic acids is 1. The second kappa shape index (κ2) is 7.58. The molecule has 1 unspecified atom stereocenters. The Kier molecular flexibility index (Phi) is 5.08. The van der Waals surface area contributed by atoms with Crippen LogP contribution >= 0.6 is 0 Å². The van der Waals surface area contributed by atoms with Crippen LogP contribution in [0.15, 0.2) is 48.3 Å². The van der Waals surface area contributed by atoms with Crippen molar-refractivity contribution < 1.29 is 18.3 Å². The second-order valence-corrected chi connectivity index (χ2v) is 9.09. The van der Waals surface area contributed by atoms with Gasteiger partial charge in [0.1, 0.15) is 0 Å². The fraction of sp³-hybridized carbons (Fsp3) is 0.316. The van der Waals surface area contributed by atoms with Gasteiger partial charge in [-0.25, -0.2) is 27.9 Å². The topological polar surface area (TPSA) is 122 Å². The Hall–Kier alpha value is -3.18. The zero-order chi connectivity index (χ0) is 21.5. The molecule has 0 fully saturated rings. The number of aryl methyl sites for hydroxylation is 2. The number of carboxylic acids is 1. The summed E-state index contributed by atoms with van der Waals surface area (Å²) in [4.78, 5) is 21.5. The van der Waals surface area contributed by atoms with Gasteiger partial charge >= 0.3 is 5.97 Å². The number of rotatable bonds is 6. The number of benzene rings is 1. The van der Waals surface area contributed by atoms with Gasteiger partial charge in [-0.05, 0) is 30.2 Å². The molecule has 2 aromatic heterocycles. The molecule has 1 aliphatic rings. The molecule has 1 atom stereocenters. The summed E-state index contributed by atoms with van der Waals surface area (Å²) < 4.78 is 31.7. The van der Waals surface area contributed by atoms with Gasteiger partial charge in [-0.2, -0.15) is 0 Å². The van der Waals surface area contributed by atoms with Crippen LogP contribution in [0.5, 0.6) is 0 Å². The van der Waals surface area contributed by atoms with Crippen LogP contribution in [0.25, 0.3) is 0 Å². The molecule has 0 spiro atoms. The van der Waals surface area contributed by atoms with Gasteiger partial charge in [-0.3, -0.25) is 0 Å². The number of imidazole rings is 2. The van der Waals surface area contributed by atoms with Crippen molar-refractivity contribution in [1.29, 1.82) is 0 Å². The number of sulfonamides is 1. The van der Waals surface area contributed by atoms with Crippen molar-refractivity contribution >= 4 is 21.7 Å². The van der Waals surface area contributed by atoms with E-state index in [-0.39, 0.29) is 10.6 Å². The Morgan fingerprint density at radius 3 is 2.73 bits per heavy atom. The lowest BCUT2D eigenvalue weighted by Crippen LogP contribution is -2.48. The number of nitrogens with one attached hydrogen (secondary N) is 1. The molecule has 0 bridgehead atoms. The van der Waals surface area contributed by atoms with E-state index in [1.807, 2.05) is 16.5 Å². The van der Waals surface area contributed by atoms with Gasteiger partial charge in [-0.1, -0.05) is 0 Å². The van der Waals surface area contributed by atoms with E-state index in [0.29, 0.717) is 19.5 Å². The highest BCUT2D eigenvalue weighted by Crippen LogP contribution is 2.30. The lowest BCUT2D eigenvalue weighted by molar-refractivity contribution is 0.0696. The van der Waals surface area contributed by atoms with Crippen LogP contribution < -0.4 is 9.62 Å². The average Bonchev–Trinajstić information content (AvgIpc) is 3.30. The van der Waals surface area contributed by atoms with Crippen LogP contribution in [0.1, 0.15) is 21.6 Å². The average molecular weight is 430 g/mol. The zero-order valence-electron chi connectivity index (χ0n) is 16.6. The maximum atomic E-state index is 12.8. The molecule has 3 heterocycles. The first kappa shape index (κ1) is 20.1. The Labute approximate surface area is 173 Å². The summed E-state index contributed by atoms with van der Waals surface area (Å²) in [5.74, 6) is -1.02. The molecule has 0 saturated heterocycles. The molecule has 11 heteroatoms. The molecule has 10 nitrogen and oxygen atoms in total. The van der Waals surface area contributed by atoms with Crippen molar-refractivity contribution in [3.63, 3.8) is 0 Å². The van der Waals surface area contributed by atoms with Crippen molar-refractivity contribution in [2.75, 3.05) is 11.4 Å². The highest BCUT2D eigenvalue weighted by Gasteiger charge is 2.30. The normalized spacial score (nSPS) is 16.5. The molecule has 1 aromatic carbocycles. The molecule has 0 amide bonds. The molecule has 30 heavy (non-hydrogen) atoms. The van der Waals surface area contributed by atoms with E-state index in [0.717, 1.165) is 16.9 Å². The standard InChI is InChI=1S/C19H22N6O4S/c1-23-10-18(21-12-23)30(28,29)22-15-6-14-5-13(19(26)27)3-4-17(14)25(8-15)9-16-7-20-11-24(16)2/h3-5,7,10-12,15,22H,6,8-9H2,1-2H3,(H,26,27). The van der Waals surface area contributed by atoms with Crippen LogP contribution in [0, 0.1) is 0 Å². The lowest BCUT2D eigenvalue weighted by atomic mass is 9.96. The van der Waals surface area contributed by atoms with E-state index in [2.05, 4.69) is 14.7 Å². The highest BCUT2D eigenvalue weighted by molar-refractivity contribution is 7.89. The van der Waals surface area contributed by atoms with E-state index in [1.165, 1.54) is 12.5 Å². The second-order valence-electron chi connectivity index (χ2n) is 7.42. The molecule has 0 radical (unpaired) electrons. The largest absolute Gasteiger partial charge is 0.478 e. The van der Waals surface area contributed by atoms with E-state index in [9.17, 15) is 18.3 Å². The first-order chi connectivity index (χ1) is 14.2. The van der Waals surface area contributed by atoms with Crippen LogP contribution in [-0.2, 0) is 37.1 Å². The summed E-state index contributed by atoms with van der Waals surface area (Å²) in [7, 11) is -0.213. The zero-order valence-corrected chi connectivity index (χ0v) is 17.4. The Bertz CT molecular complexity index is 1200. The molecular weight excluding hydrogens is 408 g/mol. The maximum Gasteiger partial charge on any atom is 0.335 e. The predicted molar refractivity (Wildman–Crippen MR) is 109 cm³/mol. The van der Waals surface area contributed by atoms with Gasteiger partial charge in [0.2, 0.25) is 0 Å². The first-order valence-electron chi connectivity index (χ1n) is 9.29. The third-order valence-electron chi connectivity index (χ3n) is 5.12. The van der Waals surface area contributed by atoms with Crippen LogP contribution in [-0.4, -0.2) is 51.2 Å². The van der Waals surface area contributed by atoms with Gasteiger partial charge in [-0.15, -0.1) is 0 Å². The number of carboxylic acid groups (broad SMARTS) is 1. The lowest BCUT2D eigenvalue weighted by Gasteiger charge is -2.36. The first-order valence-corrected chi connectivity index (χ1v) is 10.8. The molecule has 3 aromatic rings. The molecule has 1 aliphatic heterocycles. The minimum Gasteiger partial charge on any atom is -0.478 e. The van der Waals surface area contributed by atoms with Crippen LogP contribution in [0.2, 0.25) is 0 Å². The Balaban J connectivity index is 1.66. The van der Waals surface area contributed by atoms with E-state index < -0.39 is 22.0 Å². The minimum atomic E-state index is -3.80. The number of nitrogens with zero attached hydrogens (tertiary/aromatic N) is 5. The van der Waals surface area contributed by atoms with Gasteiger partial charge in [0.05, 0.1) is 30.5 Å². The smallest absolute Gasteiger partial charge is 0.335 e. The summed E-state index contributed by atoms with van der Waals surface area (Å²) in [5.41, 5.74) is 2.78. The Morgan fingerprint density at radius 2 is 2.10 bits per heavy atom. The van der Waals surface area contributed by atoms with E-state index in [4.69, 9.17) is 0 Å². The van der Waals surface area contributed by atoms with Gasteiger partial charge in [0.25, 0.3) is 10.0 Å². The number of aromatic nitrogens is 4. The molecule has 158 valence electrons. The summed E-state index contributed by atoms with van der Waals surface area (Å²) in [5, 5.41) is 9.30. The van der Waals surface area contributed by atoms with E-state index in [1.54, 1.807) is 42.3 Å². The molecule has 0 saturated carbocycles. The van der Waals surface area contributed by atoms with E-state index >= 15 is 0 Å². The third-order valence-corrected chi connectivity index (χ3v) is 6.53. The van der Waals surface area contributed by atoms with Crippen molar-refractivity contribution in [3.05, 3.63) is 60.1 Å². The van der Waals surface area contributed by atoms with Gasteiger partial charge < -0.3 is 19.1 Å². The van der Waals surface area contributed by atoms with Crippen molar-refractivity contribution in [1.82, 2.24) is 23.8 Å². The quantitative estimate of drug-likeness (QED) is 0.592. The maximum absolute atomic E-state index is 12.8. The summed E-state index contributed by atoms with van der Waals surface area (Å²) in [6.45, 7) is 0.939. The number of hydrogen-bond donors (Lipinski definition) is 2. The molecule has 2 N–H and O–H groups in total. The summed E-state index contributed by atoms with van der Waals surface area (Å²) in [6, 6.07) is 4.51. The number of fused-ring (bicyclic) bond motifs is 1. The number of hydrogen-bond acceptors (Lipinski definition) is 6. The highest BCUT2D eigenvalue weighted by atomic mass is 32.2.